The predicted octanol–water partition coefficient (Wildman–Crippen LogP) is 3.30. The van der Waals surface area contributed by atoms with Crippen LogP contribution in [-0.2, 0) is 0 Å². The summed E-state index contributed by atoms with van der Waals surface area (Å²) in [6.07, 6.45) is 1.03. The summed E-state index contributed by atoms with van der Waals surface area (Å²) >= 11 is 2.05. The minimum atomic E-state index is 0.287. The average Bonchev–Trinajstić information content (AvgIpc) is 2.45. The van der Waals surface area contributed by atoms with Crippen LogP contribution in [-0.4, -0.2) is 41.6 Å². The normalized spacial score (nSPS) is 20.2. The summed E-state index contributed by atoms with van der Waals surface area (Å²) in [5, 5.41) is 0. The summed E-state index contributed by atoms with van der Waals surface area (Å²) in [7, 11) is 0. The molecule has 21 heavy (non-hydrogen) atoms. The van der Waals surface area contributed by atoms with E-state index in [0.29, 0.717) is 11.3 Å². The highest BCUT2D eigenvalue weighted by atomic mass is 32.2. The van der Waals surface area contributed by atoms with Gasteiger partial charge in [0.25, 0.3) is 0 Å². The minimum absolute atomic E-state index is 0.287. The van der Waals surface area contributed by atoms with Crippen LogP contribution in [0.25, 0.3) is 0 Å². The van der Waals surface area contributed by atoms with Gasteiger partial charge in [0.05, 0.1) is 6.61 Å². The molecule has 1 aliphatic heterocycles. The van der Waals surface area contributed by atoms with Gasteiger partial charge in [-0.1, -0.05) is 19.1 Å². The smallest absolute Gasteiger partial charge is 0.119 e. The zero-order chi connectivity index (χ0) is 15.3. The lowest BCUT2D eigenvalue weighted by atomic mass is 10.0. The van der Waals surface area contributed by atoms with Crippen LogP contribution >= 0.6 is 11.8 Å². The molecule has 4 heteroatoms. The lowest BCUT2D eigenvalue weighted by molar-refractivity contribution is 0.192. The number of benzene rings is 1. The third kappa shape index (κ3) is 4.63. The van der Waals surface area contributed by atoms with Crippen molar-refractivity contribution in [3.05, 3.63) is 29.8 Å². The Labute approximate surface area is 133 Å². The molecule has 2 rings (SSSR count). The van der Waals surface area contributed by atoms with Gasteiger partial charge < -0.3 is 10.5 Å². The fourth-order valence-corrected chi connectivity index (χ4v) is 3.98. The highest BCUT2D eigenvalue weighted by Gasteiger charge is 2.31. The maximum Gasteiger partial charge on any atom is 0.119 e. The van der Waals surface area contributed by atoms with Gasteiger partial charge in [-0.05, 0) is 38.0 Å². The van der Waals surface area contributed by atoms with Gasteiger partial charge in [0.1, 0.15) is 5.75 Å². The van der Waals surface area contributed by atoms with Crippen molar-refractivity contribution >= 4 is 11.8 Å². The molecule has 1 aromatic rings. The lowest BCUT2D eigenvalue weighted by Gasteiger charge is -2.41. The second-order valence-corrected chi connectivity index (χ2v) is 8.05. The van der Waals surface area contributed by atoms with Gasteiger partial charge in [-0.3, -0.25) is 4.90 Å². The van der Waals surface area contributed by atoms with E-state index in [2.05, 4.69) is 55.6 Å². The minimum Gasteiger partial charge on any atom is -0.494 e. The molecule has 1 aliphatic rings. The van der Waals surface area contributed by atoms with E-state index in [0.717, 1.165) is 31.9 Å². The molecule has 0 bridgehead atoms. The Bertz CT molecular complexity index is 450. The van der Waals surface area contributed by atoms with E-state index in [1.54, 1.807) is 0 Å². The number of hydrogen-bond donors (Lipinski definition) is 1. The van der Waals surface area contributed by atoms with Crippen LogP contribution in [0.3, 0.4) is 0 Å². The third-order valence-electron chi connectivity index (χ3n) is 3.83. The van der Waals surface area contributed by atoms with Gasteiger partial charge in [0.15, 0.2) is 0 Å². The second kappa shape index (κ2) is 7.52. The zero-order valence-electron chi connectivity index (χ0n) is 13.5. The van der Waals surface area contributed by atoms with E-state index in [4.69, 9.17) is 10.5 Å². The molecule has 0 spiro atoms. The van der Waals surface area contributed by atoms with Crippen LogP contribution < -0.4 is 10.5 Å². The van der Waals surface area contributed by atoms with Gasteiger partial charge in [0, 0.05) is 36.2 Å². The molecule has 1 saturated heterocycles. The van der Waals surface area contributed by atoms with Crippen molar-refractivity contribution < 1.29 is 4.74 Å². The molecule has 0 radical (unpaired) electrons. The Morgan fingerprint density at radius 1 is 1.43 bits per heavy atom. The van der Waals surface area contributed by atoms with Gasteiger partial charge >= 0.3 is 0 Å². The number of rotatable bonds is 6. The summed E-state index contributed by atoms with van der Waals surface area (Å²) in [4.78, 5) is 2.52. The first-order valence-electron chi connectivity index (χ1n) is 7.86. The van der Waals surface area contributed by atoms with Gasteiger partial charge in [-0.15, -0.1) is 0 Å². The Morgan fingerprint density at radius 2 is 2.24 bits per heavy atom. The van der Waals surface area contributed by atoms with E-state index in [1.165, 1.54) is 11.3 Å². The summed E-state index contributed by atoms with van der Waals surface area (Å²) in [5.74, 6) is 2.13. The van der Waals surface area contributed by atoms with Crippen molar-refractivity contribution in [1.29, 1.82) is 0 Å². The monoisotopic (exact) mass is 308 g/mol. The van der Waals surface area contributed by atoms with Crippen LogP contribution in [0.4, 0.5) is 0 Å². The summed E-state index contributed by atoms with van der Waals surface area (Å²) < 4.78 is 6.06. The van der Waals surface area contributed by atoms with Crippen molar-refractivity contribution in [3.8, 4) is 5.75 Å². The van der Waals surface area contributed by atoms with Crippen LogP contribution in [0, 0.1) is 0 Å². The summed E-state index contributed by atoms with van der Waals surface area (Å²) in [5.41, 5.74) is 7.36. The van der Waals surface area contributed by atoms with E-state index < -0.39 is 0 Å². The Morgan fingerprint density at radius 3 is 2.90 bits per heavy atom. The number of ether oxygens (including phenoxy) is 1. The molecule has 1 fully saturated rings. The molecule has 3 nitrogen and oxygen atoms in total. The Balaban J connectivity index is 2.13. The average molecular weight is 308 g/mol. The van der Waals surface area contributed by atoms with Crippen LogP contribution in [0.5, 0.6) is 5.75 Å². The summed E-state index contributed by atoms with van der Waals surface area (Å²) in [6, 6.07) is 8.72. The van der Waals surface area contributed by atoms with Crippen LogP contribution in [0.1, 0.15) is 38.8 Å². The third-order valence-corrected chi connectivity index (χ3v) is 5.13. The number of nitrogens with two attached hydrogens (primary N) is 1. The molecule has 1 atom stereocenters. The molecule has 1 aromatic carbocycles. The highest BCUT2D eigenvalue weighted by molar-refractivity contribution is 8.00. The molecule has 0 aliphatic carbocycles. The number of thioether (sulfide) groups is 1. The van der Waals surface area contributed by atoms with Crippen molar-refractivity contribution in [2.75, 3.05) is 32.0 Å². The topological polar surface area (TPSA) is 38.5 Å². The SMILES string of the molecule is CCCOc1cccc(C(CN)N2CCSC(C)(C)C2)c1. The maximum absolute atomic E-state index is 6.09. The van der Waals surface area contributed by atoms with E-state index in [-0.39, 0.29) is 6.04 Å². The van der Waals surface area contributed by atoms with Gasteiger partial charge in [-0.25, -0.2) is 0 Å². The van der Waals surface area contributed by atoms with Crippen LogP contribution in [0.15, 0.2) is 24.3 Å². The molecule has 2 N–H and O–H groups in total. The van der Waals surface area contributed by atoms with Gasteiger partial charge in [0.2, 0.25) is 0 Å². The summed E-state index contributed by atoms with van der Waals surface area (Å²) in [6.45, 7) is 10.4. The second-order valence-electron chi connectivity index (χ2n) is 6.25. The first-order valence-corrected chi connectivity index (χ1v) is 8.85. The highest BCUT2D eigenvalue weighted by Crippen LogP contribution is 2.34. The predicted molar refractivity (Wildman–Crippen MR) is 92.1 cm³/mol. The Hall–Kier alpha value is -0.710. The molecular formula is C17H28N2OS. The quantitative estimate of drug-likeness (QED) is 0.875. The standard InChI is InChI=1S/C17H28N2OS/c1-4-9-20-15-7-5-6-14(11-15)16(12-18)19-8-10-21-17(2,3)13-19/h5-7,11,16H,4,8-10,12-13,18H2,1-3H3. The molecular weight excluding hydrogens is 280 g/mol. The van der Waals surface area contributed by atoms with Crippen molar-refractivity contribution in [2.24, 2.45) is 5.73 Å². The maximum atomic E-state index is 6.09. The molecule has 118 valence electrons. The fourth-order valence-electron chi connectivity index (χ4n) is 2.85. The van der Waals surface area contributed by atoms with Crippen molar-refractivity contribution in [2.45, 2.75) is 38.0 Å². The Kier molecular flexibility index (Phi) is 5.97. The van der Waals surface area contributed by atoms with Crippen molar-refractivity contribution in [3.63, 3.8) is 0 Å². The lowest BCUT2D eigenvalue weighted by Crippen LogP contribution is -2.46. The molecule has 0 aromatic heterocycles. The largest absolute Gasteiger partial charge is 0.494 e. The fraction of sp³-hybridized carbons (Fsp3) is 0.647. The van der Waals surface area contributed by atoms with Crippen LogP contribution in [0.2, 0.25) is 0 Å². The first-order chi connectivity index (χ1) is 10.1. The van der Waals surface area contributed by atoms with Crippen molar-refractivity contribution in [1.82, 2.24) is 4.90 Å². The molecule has 0 amide bonds. The number of nitrogens with zero attached hydrogens (tertiary/aromatic N) is 1. The zero-order valence-corrected chi connectivity index (χ0v) is 14.3. The molecule has 1 unspecified atom stereocenters. The van der Waals surface area contributed by atoms with E-state index >= 15 is 0 Å². The molecule has 0 saturated carbocycles. The van der Waals surface area contributed by atoms with Gasteiger partial charge in [-0.2, -0.15) is 11.8 Å². The first kappa shape index (κ1) is 16.7. The van der Waals surface area contributed by atoms with E-state index in [9.17, 15) is 0 Å². The molecule has 1 heterocycles. The van der Waals surface area contributed by atoms with E-state index in [1.807, 2.05) is 6.07 Å². The number of hydrogen-bond acceptors (Lipinski definition) is 4.